The molecular formula is C10H17N3O2S. The first kappa shape index (κ1) is 12.9. The molecule has 1 atom stereocenters. The van der Waals surface area contributed by atoms with Gasteiger partial charge in [0.1, 0.15) is 5.82 Å². The number of carbonyl (C=O) groups is 1. The molecule has 5 nitrogen and oxygen atoms in total. The topological polar surface area (TPSA) is 75.1 Å². The van der Waals surface area contributed by atoms with Crippen molar-refractivity contribution in [3.63, 3.8) is 0 Å². The SMILES string of the molecule is CC(CNc1nc(C(C)C)ns1)CC(=O)O. The van der Waals surface area contributed by atoms with Crippen LogP contribution in [0.4, 0.5) is 5.13 Å². The second-order valence-corrected chi connectivity index (χ2v) is 4.95. The van der Waals surface area contributed by atoms with E-state index >= 15 is 0 Å². The van der Waals surface area contributed by atoms with Crippen LogP contribution in [-0.2, 0) is 4.79 Å². The highest BCUT2D eigenvalue weighted by atomic mass is 32.1. The van der Waals surface area contributed by atoms with Gasteiger partial charge in [-0.1, -0.05) is 20.8 Å². The fourth-order valence-corrected chi connectivity index (χ4v) is 1.89. The number of nitrogens with one attached hydrogen (secondary N) is 1. The second-order valence-electron chi connectivity index (χ2n) is 4.20. The molecule has 16 heavy (non-hydrogen) atoms. The summed E-state index contributed by atoms with van der Waals surface area (Å²) >= 11 is 1.32. The maximum Gasteiger partial charge on any atom is 0.303 e. The molecule has 1 rings (SSSR count). The molecule has 0 aliphatic carbocycles. The highest BCUT2D eigenvalue weighted by Crippen LogP contribution is 2.17. The minimum Gasteiger partial charge on any atom is -0.481 e. The quantitative estimate of drug-likeness (QED) is 0.801. The van der Waals surface area contributed by atoms with Gasteiger partial charge in [0.05, 0.1) is 0 Å². The zero-order chi connectivity index (χ0) is 12.1. The minimum absolute atomic E-state index is 0.0869. The maximum absolute atomic E-state index is 10.5. The highest BCUT2D eigenvalue weighted by molar-refractivity contribution is 7.09. The Morgan fingerprint density at radius 2 is 2.19 bits per heavy atom. The Morgan fingerprint density at radius 3 is 2.69 bits per heavy atom. The predicted molar refractivity (Wildman–Crippen MR) is 63.9 cm³/mol. The van der Waals surface area contributed by atoms with E-state index in [2.05, 4.69) is 14.7 Å². The van der Waals surface area contributed by atoms with Gasteiger partial charge >= 0.3 is 5.97 Å². The highest BCUT2D eigenvalue weighted by Gasteiger charge is 2.10. The molecule has 90 valence electrons. The molecule has 1 unspecified atom stereocenters. The molecule has 0 spiro atoms. The third kappa shape index (κ3) is 4.14. The standard InChI is InChI=1S/C10H17N3O2S/c1-6(2)9-12-10(16-13-9)11-5-7(3)4-8(14)15/h6-7H,4-5H2,1-3H3,(H,14,15)(H,11,12,13). The first-order chi connectivity index (χ1) is 7.49. The predicted octanol–water partition coefficient (Wildman–Crippen LogP) is 2.18. The fourth-order valence-electron chi connectivity index (χ4n) is 1.17. The van der Waals surface area contributed by atoms with E-state index < -0.39 is 5.97 Å². The first-order valence-corrected chi connectivity index (χ1v) is 6.05. The largest absolute Gasteiger partial charge is 0.481 e. The number of carboxylic acid groups (broad SMARTS) is 1. The van der Waals surface area contributed by atoms with Crippen molar-refractivity contribution in [2.45, 2.75) is 33.1 Å². The molecule has 0 amide bonds. The lowest BCUT2D eigenvalue weighted by atomic mass is 10.1. The number of rotatable bonds is 6. The van der Waals surface area contributed by atoms with Crippen molar-refractivity contribution in [3.05, 3.63) is 5.82 Å². The second kappa shape index (κ2) is 5.79. The van der Waals surface area contributed by atoms with Crippen LogP contribution in [0.1, 0.15) is 38.9 Å². The molecule has 0 aliphatic rings. The van der Waals surface area contributed by atoms with Crippen molar-refractivity contribution in [3.8, 4) is 0 Å². The summed E-state index contributed by atoms with van der Waals surface area (Å²) in [7, 11) is 0. The van der Waals surface area contributed by atoms with Crippen molar-refractivity contribution in [1.29, 1.82) is 0 Å². The summed E-state index contributed by atoms with van der Waals surface area (Å²) in [5.74, 6) is 0.472. The number of hydrogen-bond acceptors (Lipinski definition) is 5. The van der Waals surface area contributed by atoms with Crippen LogP contribution in [0.2, 0.25) is 0 Å². The third-order valence-electron chi connectivity index (χ3n) is 2.08. The van der Waals surface area contributed by atoms with Crippen LogP contribution in [0.3, 0.4) is 0 Å². The van der Waals surface area contributed by atoms with E-state index in [1.165, 1.54) is 11.5 Å². The summed E-state index contributed by atoms with van der Waals surface area (Å²) in [6.45, 7) is 6.59. The first-order valence-electron chi connectivity index (χ1n) is 5.28. The zero-order valence-electron chi connectivity index (χ0n) is 9.73. The van der Waals surface area contributed by atoms with E-state index in [0.29, 0.717) is 12.5 Å². The number of aromatic nitrogens is 2. The normalized spacial score (nSPS) is 12.8. The van der Waals surface area contributed by atoms with Gasteiger partial charge in [0, 0.05) is 30.4 Å². The molecule has 1 aromatic rings. The summed E-state index contributed by atoms with van der Waals surface area (Å²) in [5.41, 5.74) is 0. The lowest BCUT2D eigenvalue weighted by Crippen LogP contribution is -2.14. The molecule has 0 fully saturated rings. The average Bonchev–Trinajstić information content (AvgIpc) is 2.61. The van der Waals surface area contributed by atoms with E-state index in [1.807, 2.05) is 20.8 Å². The summed E-state index contributed by atoms with van der Waals surface area (Å²) < 4.78 is 4.21. The van der Waals surface area contributed by atoms with E-state index in [1.54, 1.807) is 0 Å². The van der Waals surface area contributed by atoms with Gasteiger partial charge in [-0.15, -0.1) is 0 Å². The van der Waals surface area contributed by atoms with Crippen molar-refractivity contribution < 1.29 is 9.90 Å². The van der Waals surface area contributed by atoms with Gasteiger partial charge in [-0.2, -0.15) is 4.37 Å². The molecule has 6 heteroatoms. The Bertz CT molecular complexity index is 352. The van der Waals surface area contributed by atoms with Crippen LogP contribution < -0.4 is 5.32 Å². The number of anilines is 1. The van der Waals surface area contributed by atoms with Gasteiger partial charge in [-0.25, -0.2) is 4.98 Å². The van der Waals surface area contributed by atoms with Crippen LogP contribution in [0.5, 0.6) is 0 Å². The molecule has 0 aromatic carbocycles. The van der Waals surface area contributed by atoms with Crippen LogP contribution >= 0.6 is 11.5 Å². The van der Waals surface area contributed by atoms with Crippen LogP contribution in [0, 0.1) is 5.92 Å². The fraction of sp³-hybridized carbons (Fsp3) is 0.700. The smallest absolute Gasteiger partial charge is 0.303 e. The Labute approximate surface area is 99.1 Å². The number of aliphatic carboxylic acids is 1. The molecule has 0 bridgehead atoms. The molecule has 1 heterocycles. The summed E-state index contributed by atoms with van der Waals surface area (Å²) in [4.78, 5) is 14.8. The van der Waals surface area contributed by atoms with Crippen molar-refractivity contribution in [1.82, 2.24) is 9.36 Å². The Kier molecular flexibility index (Phi) is 4.67. The van der Waals surface area contributed by atoms with E-state index in [9.17, 15) is 4.79 Å². The van der Waals surface area contributed by atoms with E-state index in [0.717, 1.165) is 11.0 Å². The number of nitrogens with zero attached hydrogens (tertiary/aromatic N) is 2. The van der Waals surface area contributed by atoms with Gasteiger partial charge in [0.15, 0.2) is 0 Å². The van der Waals surface area contributed by atoms with Gasteiger partial charge in [0.25, 0.3) is 0 Å². The van der Waals surface area contributed by atoms with Crippen molar-refractivity contribution in [2.75, 3.05) is 11.9 Å². The van der Waals surface area contributed by atoms with Crippen LogP contribution in [0.25, 0.3) is 0 Å². The molecule has 0 radical (unpaired) electrons. The summed E-state index contributed by atoms with van der Waals surface area (Å²) in [6.07, 6.45) is 0.169. The Hall–Kier alpha value is -1.17. The number of carboxylic acids is 1. The lowest BCUT2D eigenvalue weighted by molar-refractivity contribution is -0.137. The van der Waals surface area contributed by atoms with Crippen LogP contribution in [-0.4, -0.2) is 27.0 Å². The van der Waals surface area contributed by atoms with Gasteiger partial charge in [-0.3, -0.25) is 4.79 Å². The Balaban J connectivity index is 2.39. The molecule has 1 aromatic heterocycles. The molecule has 2 N–H and O–H groups in total. The maximum atomic E-state index is 10.5. The van der Waals surface area contributed by atoms with Gasteiger partial charge in [-0.05, 0) is 5.92 Å². The van der Waals surface area contributed by atoms with Crippen molar-refractivity contribution in [2.24, 2.45) is 5.92 Å². The molecule has 0 saturated carbocycles. The average molecular weight is 243 g/mol. The van der Waals surface area contributed by atoms with E-state index in [-0.39, 0.29) is 12.3 Å². The lowest BCUT2D eigenvalue weighted by Gasteiger charge is -2.08. The molecule has 0 saturated heterocycles. The van der Waals surface area contributed by atoms with Gasteiger partial charge < -0.3 is 10.4 Å². The van der Waals surface area contributed by atoms with Crippen LogP contribution in [0.15, 0.2) is 0 Å². The Morgan fingerprint density at radius 1 is 1.50 bits per heavy atom. The molecule has 0 aliphatic heterocycles. The molecular weight excluding hydrogens is 226 g/mol. The number of hydrogen-bond donors (Lipinski definition) is 2. The summed E-state index contributed by atoms with van der Waals surface area (Å²) in [5, 5.41) is 12.5. The van der Waals surface area contributed by atoms with Gasteiger partial charge in [0.2, 0.25) is 5.13 Å². The monoisotopic (exact) mass is 243 g/mol. The minimum atomic E-state index is -0.769. The summed E-state index contributed by atoms with van der Waals surface area (Å²) in [6, 6.07) is 0. The third-order valence-corrected chi connectivity index (χ3v) is 2.77. The van der Waals surface area contributed by atoms with Crippen molar-refractivity contribution >= 4 is 22.6 Å². The van der Waals surface area contributed by atoms with E-state index in [4.69, 9.17) is 5.11 Å². The zero-order valence-corrected chi connectivity index (χ0v) is 10.5.